The molecule has 2 amide bonds. The van der Waals surface area contributed by atoms with Crippen LogP contribution in [0.25, 0.3) is 5.69 Å². The predicted molar refractivity (Wildman–Crippen MR) is 94.4 cm³/mol. The first kappa shape index (κ1) is 17.2. The maximum absolute atomic E-state index is 12.4. The topological polar surface area (TPSA) is 93.2 Å². The molecule has 7 nitrogen and oxygen atoms in total. The summed E-state index contributed by atoms with van der Waals surface area (Å²) in [5.74, 6) is -0.382. The molecule has 0 spiro atoms. The lowest BCUT2D eigenvalue weighted by Crippen LogP contribution is -2.46. The monoisotopic (exact) mass is 341 g/mol. The molecule has 2 heterocycles. The lowest BCUT2D eigenvalue weighted by Gasteiger charge is -2.31. The number of benzene rings is 1. The van der Waals surface area contributed by atoms with Crippen molar-refractivity contribution in [3.8, 4) is 5.69 Å². The first-order chi connectivity index (χ1) is 12.0. The van der Waals surface area contributed by atoms with E-state index in [1.54, 1.807) is 6.20 Å². The number of likely N-dealkylation sites (tertiary alicyclic amines) is 1. The van der Waals surface area contributed by atoms with Crippen LogP contribution in [-0.4, -0.2) is 52.2 Å². The first-order valence-corrected chi connectivity index (χ1v) is 8.45. The Morgan fingerprint density at radius 1 is 1.20 bits per heavy atom. The summed E-state index contributed by atoms with van der Waals surface area (Å²) in [7, 11) is 0. The van der Waals surface area contributed by atoms with Crippen molar-refractivity contribution in [1.29, 1.82) is 0 Å². The molecule has 0 atom stereocenters. The molecule has 3 rings (SSSR count). The van der Waals surface area contributed by atoms with Crippen molar-refractivity contribution in [3.05, 3.63) is 47.8 Å². The molecule has 0 aliphatic carbocycles. The predicted octanol–water partition coefficient (Wildman–Crippen LogP) is 0.860. The normalized spacial score (nSPS) is 15.9. The van der Waals surface area contributed by atoms with Crippen LogP contribution >= 0.6 is 0 Å². The van der Waals surface area contributed by atoms with Gasteiger partial charge in [-0.05, 0) is 50.1 Å². The van der Waals surface area contributed by atoms with Crippen LogP contribution in [0.2, 0.25) is 0 Å². The number of piperidine rings is 1. The summed E-state index contributed by atoms with van der Waals surface area (Å²) in [6.07, 6.45) is 3.40. The quantitative estimate of drug-likeness (QED) is 0.843. The van der Waals surface area contributed by atoms with Crippen LogP contribution in [-0.2, 0) is 4.79 Å². The molecule has 0 unspecified atom stereocenters. The number of carbonyl (C=O) groups is 2. The fourth-order valence-electron chi connectivity index (χ4n) is 3.12. The van der Waals surface area contributed by atoms with Gasteiger partial charge in [0.15, 0.2) is 0 Å². The largest absolute Gasteiger partial charge is 0.369 e. The van der Waals surface area contributed by atoms with Crippen molar-refractivity contribution < 1.29 is 9.59 Å². The highest BCUT2D eigenvalue weighted by Gasteiger charge is 2.21. The zero-order valence-corrected chi connectivity index (χ0v) is 14.3. The van der Waals surface area contributed by atoms with Gasteiger partial charge in [-0.2, -0.15) is 5.10 Å². The zero-order chi connectivity index (χ0) is 17.8. The van der Waals surface area contributed by atoms with Crippen LogP contribution < -0.4 is 11.1 Å². The van der Waals surface area contributed by atoms with E-state index in [1.165, 1.54) is 0 Å². The van der Waals surface area contributed by atoms with Gasteiger partial charge in [-0.1, -0.05) is 0 Å². The molecule has 1 aliphatic rings. The fraction of sp³-hybridized carbons (Fsp3) is 0.389. The number of aryl methyl sites for hydroxylation is 1. The van der Waals surface area contributed by atoms with E-state index in [0.29, 0.717) is 5.56 Å². The molecule has 0 radical (unpaired) electrons. The minimum absolute atomic E-state index is 0.0721. The van der Waals surface area contributed by atoms with Gasteiger partial charge < -0.3 is 11.1 Å². The molecule has 2 aromatic rings. The number of nitrogens with two attached hydrogens (primary N) is 1. The highest BCUT2D eigenvalue weighted by molar-refractivity contribution is 5.94. The number of primary amides is 1. The second-order valence-corrected chi connectivity index (χ2v) is 6.42. The summed E-state index contributed by atoms with van der Waals surface area (Å²) in [5, 5.41) is 7.33. The van der Waals surface area contributed by atoms with Crippen molar-refractivity contribution in [2.75, 3.05) is 19.6 Å². The highest BCUT2D eigenvalue weighted by Crippen LogP contribution is 2.13. The molecule has 7 heteroatoms. The van der Waals surface area contributed by atoms with Gasteiger partial charge in [-0.15, -0.1) is 0 Å². The van der Waals surface area contributed by atoms with Crippen LogP contribution in [0.4, 0.5) is 0 Å². The number of amides is 2. The van der Waals surface area contributed by atoms with Gasteiger partial charge in [0.25, 0.3) is 5.91 Å². The highest BCUT2D eigenvalue weighted by atomic mass is 16.2. The summed E-state index contributed by atoms with van der Waals surface area (Å²) in [5.41, 5.74) is 7.82. The second kappa shape index (κ2) is 7.48. The van der Waals surface area contributed by atoms with Crippen molar-refractivity contribution in [2.45, 2.75) is 25.8 Å². The molecule has 1 aromatic carbocycles. The van der Waals surface area contributed by atoms with Gasteiger partial charge in [-0.3, -0.25) is 14.5 Å². The lowest BCUT2D eigenvalue weighted by molar-refractivity contribution is -0.119. The molecular formula is C18H23N5O2. The minimum atomic E-state index is -0.310. The summed E-state index contributed by atoms with van der Waals surface area (Å²) in [6, 6.07) is 9.48. The summed E-state index contributed by atoms with van der Waals surface area (Å²) in [6.45, 7) is 3.81. The van der Waals surface area contributed by atoms with Gasteiger partial charge in [0.05, 0.1) is 12.2 Å². The number of hydrogen-bond acceptors (Lipinski definition) is 4. The third kappa shape index (κ3) is 4.24. The molecule has 1 aliphatic heterocycles. The van der Waals surface area contributed by atoms with E-state index in [9.17, 15) is 9.59 Å². The Labute approximate surface area is 146 Å². The van der Waals surface area contributed by atoms with E-state index >= 15 is 0 Å². The van der Waals surface area contributed by atoms with E-state index in [4.69, 9.17) is 5.73 Å². The van der Waals surface area contributed by atoms with Crippen molar-refractivity contribution >= 4 is 11.8 Å². The summed E-state index contributed by atoms with van der Waals surface area (Å²) < 4.78 is 1.83. The second-order valence-electron chi connectivity index (χ2n) is 6.42. The Kier molecular flexibility index (Phi) is 5.14. The molecule has 0 bridgehead atoms. The van der Waals surface area contributed by atoms with E-state index in [1.807, 2.05) is 46.8 Å². The summed E-state index contributed by atoms with van der Waals surface area (Å²) in [4.78, 5) is 25.4. The first-order valence-electron chi connectivity index (χ1n) is 8.45. The van der Waals surface area contributed by atoms with Gasteiger partial charge in [0.1, 0.15) is 0 Å². The molecule has 1 saturated heterocycles. The van der Waals surface area contributed by atoms with Gasteiger partial charge in [0, 0.05) is 36.6 Å². The van der Waals surface area contributed by atoms with E-state index in [2.05, 4.69) is 10.4 Å². The number of aromatic nitrogens is 2. The third-order valence-corrected chi connectivity index (χ3v) is 4.51. The average Bonchev–Trinajstić information content (AvgIpc) is 3.02. The Morgan fingerprint density at radius 2 is 1.88 bits per heavy atom. The fourth-order valence-corrected chi connectivity index (χ4v) is 3.12. The number of carbonyl (C=O) groups excluding carboxylic acids is 2. The SMILES string of the molecule is Cc1ccnn1-c1ccc(C(=O)NC2CCN(CC(N)=O)CC2)cc1. The molecular weight excluding hydrogens is 318 g/mol. The van der Waals surface area contributed by atoms with Gasteiger partial charge >= 0.3 is 0 Å². The van der Waals surface area contributed by atoms with Crippen LogP contribution in [0.5, 0.6) is 0 Å². The Balaban J connectivity index is 1.55. The molecule has 0 saturated carbocycles. The van der Waals surface area contributed by atoms with Crippen LogP contribution in [0.1, 0.15) is 28.9 Å². The molecule has 25 heavy (non-hydrogen) atoms. The van der Waals surface area contributed by atoms with E-state index in [0.717, 1.165) is 37.3 Å². The van der Waals surface area contributed by atoms with Crippen LogP contribution in [0.3, 0.4) is 0 Å². The zero-order valence-electron chi connectivity index (χ0n) is 14.3. The molecule has 132 valence electrons. The smallest absolute Gasteiger partial charge is 0.251 e. The summed E-state index contributed by atoms with van der Waals surface area (Å²) >= 11 is 0. The maximum Gasteiger partial charge on any atom is 0.251 e. The Morgan fingerprint density at radius 3 is 2.44 bits per heavy atom. The average molecular weight is 341 g/mol. The third-order valence-electron chi connectivity index (χ3n) is 4.51. The maximum atomic E-state index is 12.4. The molecule has 3 N–H and O–H groups in total. The van der Waals surface area contributed by atoms with Crippen molar-refractivity contribution in [3.63, 3.8) is 0 Å². The Hall–Kier alpha value is -2.67. The molecule has 1 aromatic heterocycles. The number of rotatable bonds is 5. The minimum Gasteiger partial charge on any atom is -0.369 e. The van der Waals surface area contributed by atoms with E-state index in [-0.39, 0.29) is 24.4 Å². The van der Waals surface area contributed by atoms with Crippen molar-refractivity contribution in [1.82, 2.24) is 20.0 Å². The Bertz CT molecular complexity index is 745. The molecule has 1 fully saturated rings. The van der Waals surface area contributed by atoms with Crippen LogP contribution in [0, 0.1) is 6.92 Å². The number of hydrogen-bond donors (Lipinski definition) is 2. The van der Waals surface area contributed by atoms with E-state index < -0.39 is 0 Å². The van der Waals surface area contributed by atoms with Crippen LogP contribution in [0.15, 0.2) is 36.5 Å². The lowest BCUT2D eigenvalue weighted by atomic mass is 10.0. The van der Waals surface area contributed by atoms with Crippen molar-refractivity contribution in [2.24, 2.45) is 5.73 Å². The number of nitrogens with zero attached hydrogens (tertiary/aromatic N) is 3. The standard InChI is InChI=1S/C18H23N5O2/c1-13-6-9-20-23(13)16-4-2-14(3-5-16)18(25)21-15-7-10-22(11-8-15)12-17(19)24/h2-6,9,15H,7-8,10-12H2,1H3,(H2,19,24)(H,21,25). The number of nitrogens with one attached hydrogen (secondary N) is 1. The van der Waals surface area contributed by atoms with Gasteiger partial charge in [0.2, 0.25) is 5.91 Å². The van der Waals surface area contributed by atoms with Gasteiger partial charge in [-0.25, -0.2) is 4.68 Å².